The summed E-state index contributed by atoms with van der Waals surface area (Å²) in [5.74, 6) is 0.946. The second kappa shape index (κ2) is 1.94. The Balaban J connectivity index is 2.18. The summed E-state index contributed by atoms with van der Waals surface area (Å²) in [6.07, 6.45) is 8.92. The molecule has 0 spiro atoms. The molecule has 12 heavy (non-hydrogen) atoms. The molecule has 0 radical (unpaired) electrons. The number of hydrogen-bond acceptors (Lipinski definition) is 2. The van der Waals surface area contributed by atoms with E-state index in [0.717, 1.165) is 12.2 Å². The van der Waals surface area contributed by atoms with E-state index in [0.29, 0.717) is 0 Å². The molecular weight excluding hydrogens is 152 g/mol. The minimum atomic E-state index is 0.946. The summed E-state index contributed by atoms with van der Waals surface area (Å²) in [6.45, 7) is 0. The van der Waals surface area contributed by atoms with Crippen LogP contribution in [-0.2, 0) is 11.3 Å². The van der Waals surface area contributed by atoms with E-state index in [1.807, 2.05) is 24.7 Å². The Hall–Kier alpha value is -1.64. The van der Waals surface area contributed by atoms with Gasteiger partial charge in [0.25, 0.3) is 0 Å². The highest BCUT2D eigenvalue weighted by atomic mass is 16.7. The number of aromatic amines is 1. The highest BCUT2D eigenvalue weighted by Gasteiger charge is 2.20. The van der Waals surface area contributed by atoms with Crippen LogP contribution in [0.4, 0.5) is 0 Å². The molecular formula is C9H8N2O. The first kappa shape index (κ1) is 5.94. The molecule has 3 nitrogen and oxygen atoms in total. The lowest BCUT2D eigenvalue weighted by atomic mass is 9.97. The zero-order valence-electron chi connectivity index (χ0n) is 6.42. The number of hydrogen-bond donors (Lipinski definition) is 2. The van der Waals surface area contributed by atoms with E-state index in [1.54, 1.807) is 0 Å². The molecule has 0 saturated heterocycles. The monoisotopic (exact) mass is 160 g/mol. The number of allylic oxidation sites excluding steroid dienone is 1. The first-order valence-electron chi connectivity index (χ1n) is 3.92. The summed E-state index contributed by atoms with van der Waals surface area (Å²) in [4.78, 5) is 8.27. The van der Waals surface area contributed by atoms with Crippen LogP contribution in [0.2, 0.25) is 0 Å². The van der Waals surface area contributed by atoms with Crippen molar-refractivity contribution in [1.82, 2.24) is 10.5 Å². The number of nitrogens with one attached hydrogen (secondary N) is 2. The predicted molar refractivity (Wildman–Crippen MR) is 44.8 cm³/mol. The smallest absolute Gasteiger partial charge is 0.160 e. The molecule has 0 bridgehead atoms. The van der Waals surface area contributed by atoms with E-state index < -0.39 is 0 Å². The molecule has 60 valence electrons. The van der Waals surface area contributed by atoms with Crippen molar-refractivity contribution in [3.05, 3.63) is 41.1 Å². The molecule has 3 heteroatoms. The van der Waals surface area contributed by atoms with Crippen LogP contribution in [0.5, 0.6) is 0 Å². The highest BCUT2D eigenvalue weighted by molar-refractivity contribution is 5.64. The van der Waals surface area contributed by atoms with Gasteiger partial charge in [-0.15, -0.1) is 0 Å². The van der Waals surface area contributed by atoms with Crippen molar-refractivity contribution < 1.29 is 4.84 Å². The summed E-state index contributed by atoms with van der Waals surface area (Å²) in [5, 5.41) is 0. The fourth-order valence-electron chi connectivity index (χ4n) is 1.60. The lowest BCUT2D eigenvalue weighted by molar-refractivity contribution is 0.171. The first-order valence-corrected chi connectivity index (χ1v) is 3.92. The first-order chi connectivity index (χ1) is 5.93. The Labute approximate surface area is 69.7 Å². The summed E-state index contributed by atoms with van der Waals surface area (Å²) in [6, 6.07) is 0. The summed E-state index contributed by atoms with van der Waals surface area (Å²) in [7, 11) is 0. The molecule has 3 rings (SSSR count). The molecule has 0 saturated carbocycles. The van der Waals surface area contributed by atoms with Gasteiger partial charge in [0.05, 0.1) is 0 Å². The van der Waals surface area contributed by atoms with Gasteiger partial charge in [0.1, 0.15) is 0 Å². The van der Waals surface area contributed by atoms with Crippen LogP contribution < -0.4 is 5.48 Å². The normalized spacial score (nSPS) is 18.3. The number of fused-ring (bicyclic) bond motifs is 2. The molecule has 2 aliphatic rings. The largest absolute Gasteiger partial charge is 0.382 e. The van der Waals surface area contributed by atoms with E-state index in [4.69, 9.17) is 4.84 Å². The molecule has 0 atom stereocenters. The molecule has 0 fully saturated rings. The van der Waals surface area contributed by atoms with Gasteiger partial charge in [-0.25, -0.2) is 5.48 Å². The SMILES string of the molecule is C1=C2Cc3c[nH]cc3C=C2ON1. The van der Waals surface area contributed by atoms with Gasteiger partial charge in [-0.3, -0.25) is 0 Å². The topological polar surface area (TPSA) is 37.0 Å². The second-order valence-corrected chi connectivity index (χ2v) is 3.01. The van der Waals surface area contributed by atoms with Crippen molar-refractivity contribution in [2.45, 2.75) is 6.42 Å². The third-order valence-electron chi connectivity index (χ3n) is 2.25. The molecule has 1 aliphatic heterocycles. The van der Waals surface area contributed by atoms with Crippen LogP contribution >= 0.6 is 0 Å². The standard InChI is InChI=1S/C9H8N2O/c1-6-3-10-4-7(6)2-9-8(1)5-11-12-9/h2-5,10-11H,1H2. The molecule has 2 N–H and O–H groups in total. The van der Waals surface area contributed by atoms with Crippen molar-refractivity contribution in [3.8, 4) is 0 Å². The third kappa shape index (κ3) is 0.652. The number of hydroxylamine groups is 1. The van der Waals surface area contributed by atoms with Crippen LogP contribution in [0.1, 0.15) is 11.1 Å². The fraction of sp³-hybridized carbons (Fsp3) is 0.111. The zero-order chi connectivity index (χ0) is 7.97. The van der Waals surface area contributed by atoms with Gasteiger partial charge in [-0.2, -0.15) is 0 Å². The molecule has 0 amide bonds. The highest BCUT2D eigenvalue weighted by Crippen LogP contribution is 2.29. The molecule has 1 aromatic rings. The molecule has 0 aromatic carbocycles. The summed E-state index contributed by atoms with van der Waals surface area (Å²) >= 11 is 0. The summed E-state index contributed by atoms with van der Waals surface area (Å²) in [5.41, 5.74) is 6.53. The maximum Gasteiger partial charge on any atom is 0.160 e. The quantitative estimate of drug-likeness (QED) is 0.600. The van der Waals surface area contributed by atoms with Crippen LogP contribution in [0.25, 0.3) is 6.08 Å². The predicted octanol–water partition coefficient (Wildman–Crippen LogP) is 1.33. The van der Waals surface area contributed by atoms with E-state index in [9.17, 15) is 0 Å². The van der Waals surface area contributed by atoms with E-state index in [1.165, 1.54) is 16.7 Å². The molecule has 0 unspecified atom stereocenters. The van der Waals surface area contributed by atoms with Crippen molar-refractivity contribution in [1.29, 1.82) is 0 Å². The Morgan fingerprint density at radius 1 is 1.33 bits per heavy atom. The van der Waals surface area contributed by atoms with Crippen molar-refractivity contribution in [3.63, 3.8) is 0 Å². The van der Waals surface area contributed by atoms with Gasteiger partial charge in [0.15, 0.2) is 5.76 Å². The lowest BCUT2D eigenvalue weighted by Gasteiger charge is -2.09. The Morgan fingerprint density at radius 3 is 3.33 bits per heavy atom. The summed E-state index contributed by atoms with van der Waals surface area (Å²) < 4.78 is 0. The minimum absolute atomic E-state index is 0.946. The fourth-order valence-corrected chi connectivity index (χ4v) is 1.60. The average molecular weight is 160 g/mol. The van der Waals surface area contributed by atoms with Crippen LogP contribution in [0.15, 0.2) is 29.9 Å². The minimum Gasteiger partial charge on any atom is -0.382 e. The Bertz CT molecular complexity index is 387. The van der Waals surface area contributed by atoms with Gasteiger partial charge >= 0.3 is 0 Å². The van der Waals surface area contributed by atoms with E-state index in [2.05, 4.69) is 10.5 Å². The van der Waals surface area contributed by atoms with Crippen LogP contribution in [0, 0.1) is 0 Å². The van der Waals surface area contributed by atoms with Crippen LogP contribution in [0.3, 0.4) is 0 Å². The van der Waals surface area contributed by atoms with E-state index in [-0.39, 0.29) is 0 Å². The number of rotatable bonds is 0. The Kier molecular flexibility index (Phi) is 0.961. The third-order valence-corrected chi connectivity index (χ3v) is 2.25. The van der Waals surface area contributed by atoms with Crippen molar-refractivity contribution >= 4 is 6.08 Å². The van der Waals surface area contributed by atoms with Crippen molar-refractivity contribution in [2.75, 3.05) is 0 Å². The number of H-pyrrole nitrogens is 1. The van der Waals surface area contributed by atoms with Gasteiger partial charge < -0.3 is 9.82 Å². The molecule has 2 heterocycles. The number of aromatic nitrogens is 1. The van der Waals surface area contributed by atoms with Crippen molar-refractivity contribution in [2.24, 2.45) is 0 Å². The maximum atomic E-state index is 5.19. The second-order valence-electron chi connectivity index (χ2n) is 3.01. The van der Waals surface area contributed by atoms with Crippen LogP contribution in [-0.4, -0.2) is 4.98 Å². The molecule has 1 aromatic heterocycles. The van der Waals surface area contributed by atoms with Gasteiger partial charge in [-0.1, -0.05) is 0 Å². The molecule has 1 aliphatic carbocycles. The van der Waals surface area contributed by atoms with E-state index >= 15 is 0 Å². The van der Waals surface area contributed by atoms with Gasteiger partial charge in [0, 0.05) is 30.6 Å². The Morgan fingerprint density at radius 2 is 2.33 bits per heavy atom. The average Bonchev–Trinajstić information content (AvgIpc) is 2.64. The zero-order valence-corrected chi connectivity index (χ0v) is 6.42. The van der Waals surface area contributed by atoms with Gasteiger partial charge in [0.2, 0.25) is 0 Å². The maximum absolute atomic E-state index is 5.19. The lowest BCUT2D eigenvalue weighted by Crippen LogP contribution is -2.00. The van der Waals surface area contributed by atoms with Gasteiger partial charge in [-0.05, 0) is 17.2 Å².